The Kier molecular flexibility index (Phi) is 7.47. The average molecular weight is 712 g/mol. The molecule has 56 heavy (non-hydrogen) atoms. The zero-order chi connectivity index (χ0) is 37.1. The predicted octanol–water partition coefficient (Wildman–Crippen LogP) is 14.5. The van der Waals surface area contributed by atoms with Gasteiger partial charge >= 0.3 is 0 Å². The van der Waals surface area contributed by atoms with E-state index in [4.69, 9.17) is 0 Å². The number of hydrogen-bond donors (Lipinski definition) is 0. The van der Waals surface area contributed by atoms with Crippen molar-refractivity contribution >= 4 is 17.1 Å². The summed E-state index contributed by atoms with van der Waals surface area (Å²) in [6.45, 7) is 0. The van der Waals surface area contributed by atoms with Crippen LogP contribution in [0.4, 0.5) is 17.1 Å². The second-order valence-electron chi connectivity index (χ2n) is 14.8. The highest BCUT2D eigenvalue weighted by Gasteiger charge is 2.52. The Morgan fingerprint density at radius 1 is 0.250 bits per heavy atom. The molecule has 0 aliphatic heterocycles. The summed E-state index contributed by atoms with van der Waals surface area (Å²) in [6, 6.07) is 82.3. The van der Waals surface area contributed by atoms with Gasteiger partial charge in [-0.2, -0.15) is 0 Å². The number of rotatable bonds is 6. The average Bonchev–Trinajstić information content (AvgIpc) is 3.75. The summed E-state index contributed by atoms with van der Waals surface area (Å²) in [5, 5.41) is 0. The minimum absolute atomic E-state index is 0.413. The lowest BCUT2D eigenvalue weighted by molar-refractivity contribution is 0.796. The Labute approximate surface area is 328 Å². The Bertz CT molecular complexity index is 2760. The molecule has 11 rings (SSSR count). The third-order valence-corrected chi connectivity index (χ3v) is 11.9. The molecule has 9 aromatic rings. The molecule has 2 aliphatic carbocycles. The van der Waals surface area contributed by atoms with Crippen molar-refractivity contribution in [3.05, 3.63) is 247 Å². The summed E-state index contributed by atoms with van der Waals surface area (Å²) in [7, 11) is 0. The smallest absolute Gasteiger partial charge is 0.0731 e. The normalized spacial score (nSPS) is 12.8. The minimum Gasteiger partial charge on any atom is -0.309 e. The number of nitrogens with zero attached hydrogens (tertiary/aromatic N) is 1. The maximum absolute atomic E-state index is 2.44. The van der Waals surface area contributed by atoms with Crippen LogP contribution >= 0.6 is 0 Å². The van der Waals surface area contributed by atoms with Gasteiger partial charge in [0.15, 0.2) is 0 Å². The molecule has 9 aromatic carbocycles. The van der Waals surface area contributed by atoms with Crippen molar-refractivity contribution in [3.8, 4) is 55.6 Å². The predicted molar refractivity (Wildman–Crippen MR) is 234 cm³/mol. The van der Waals surface area contributed by atoms with Crippen LogP contribution in [0.3, 0.4) is 0 Å². The van der Waals surface area contributed by atoms with E-state index in [0.29, 0.717) is 0 Å². The highest BCUT2D eigenvalue weighted by Crippen LogP contribution is 2.64. The molecule has 0 saturated carbocycles. The van der Waals surface area contributed by atoms with E-state index in [1.165, 1.54) is 77.9 Å². The molecule has 0 aromatic heterocycles. The van der Waals surface area contributed by atoms with E-state index in [9.17, 15) is 0 Å². The molecular formula is C55H37N. The van der Waals surface area contributed by atoms with Gasteiger partial charge in [0, 0.05) is 16.8 Å². The molecule has 0 saturated heterocycles. The second-order valence-corrected chi connectivity index (χ2v) is 14.8. The number of anilines is 3. The van der Waals surface area contributed by atoms with E-state index in [-0.39, 0.29) is 0 Å². The Morgan fingerprint density at radius 2 is 0.607 bits per heavy atom. The first-order valence-electron chi connectivity index (χ1n) is 19.4. The maximum atomic E-state index is 2.44. The van der Waals surface area contributed by atoms with Gasteiger partial charge in [0.05, 0.1) is 16.8 Å². The van der Waals surface area contributed by atoms with Gasteiger partial charge in [0.1, 0.15) is 0 Å². The molecule has 1 spiro atoms. The molecule has 1 heteroatoms. The van der Waals surface area contributed by atoms with Gasteiger partial charge in [0.2, 0.25) is 0 Å². The van der Waals surface area contributed by atoms with Crippen LogP contribution < -0.4 is 4.90 Å². The van der Waals surface area contributed by atoms with Crippen molar-refractivity contribution in [2.45, 2.75) is 5.41 Å². The monoisotopic (exact) mass is 711 g/mol. The second kappa shape index (κ2) is 13.0. The molecule has 0 bridgehead atoms. The maximum Gasteiger partial charge on any atom is 0.0731 e. The van der Waals surface area contributed by atoms with Crippen LogP contribution in [0.25, 0.3) is 55.6 Å². The lowest BCUT2D eigenvalue weighted by Crippen LogP contribution is -2.26. The first-order valence-corrected chi connectivity index (χ1v) is 19.4. The molecule has 0 atom stereocenters. The quantitative estimate of drug-likeness (QED) is 0.166. The molecular weight excluding hydrogens is 675 g/mol. The molecule has 2 aliphatic rings. The number of hydrogen-bond acceptors (Lipinski definition) is 1. The van der Waals surface area contributed by atoms with Gasteiger partial charge in [-0.25, -0.2) is 0 Å². The van der Waals surface area contributed by atoms with E-state index in [1.54, 1.807) is 0 Å². The summed E-state index contributed by atoms with van der Waals surface area (Å²) in [5.41, 5.74) is 20.8. The van der Waals surface area contributed by atoms with Crippen molar-refractivity contribution < 1.29 is 0 Å². The topological polar surface area (TPSA) is 3.24 Å². The minimum atomic E-state index is -0.413. The van der Waals surface area contributed by atoms with Crippen molar-refractivity contribution in [1.82, 2.24) is 0 Å². The summed E-state index contributed by atoms with van der Waals surface area (Å²) in [4.78, 5) is 2.44. The number of para-hydroxylation sites is 2. The zero-order valence-electron chi connectivity index (χ0n) is 30.8. The van der Waals surface area contributed by atoms with E-state index >= 15 is 0 Å². The summed E-state index contributed by atoms with van der Waals surface area (Å²) >= 11 is 0. The molecule has 262 valence electrons. The van der Waals surface area contributed by atoms with Gasteiger partial charge < -0.3 is 4.90 Å². The molecule has 1 nitrogen and oxygen atoms in total. The molecule has 0 radical (unpaired) electrons. The highest BCUT2D eigenvalue weighted by molar-refractivity contribution is 5.99. The van der Waals surface area contributed by atoms with E-state index in [0.717, 1.165) is 17.1 Å². The van der Waals surface area contributed by atoms with Crippen molar-refractivity contribution in [2.24, 2.45) is 0 Å². The van der Waals surface area contributed by atoms with E-state index in [2.05, 4.69) is 229 Å². The third kappa shape index (κ3) is 4.74. The van der Waals surface area contributed by atoms with Crippen LogP contribution in [0.15, 0.2) is 224 Å². The van der Waals surface area contributed by atoms with E-state index < -0.39 is 5.41 Å². The SMILES string of the molecule is c1ccc(-c2ccccc2N(c2ccc(-c3cccc4c3C3(c5ccccc5-c5ccccc53)c3ccccc3-4)cc2)c2ccccc2-c2ccccc2)cc1. The fourth-order valence-corrected chi connectivity index (χ4v) is 9.65. The van der Waals surface area contributed by atoms with Crippen molar-refractivity contribution in [2.75, 3.05) is 4.90 Å². The fourth-order valence-electron chi connectivity index (χ4n) is 9.65. The molecule has 0 heterocycles. The first kappa shape index (κ1) is 32.2. The largest absolute Gasteiger partial charge is 0.309 e. The van der Waals surface area contributed by atoms with E-state index in [1.807, 2.05) is 0 Å². The van der Waals surface area contributed by atoms with Gasteiger partial charge in [0.25, 0.3) is 0 Å². The summed E-state index contributed by atoms with van der Waals surface area (Å²) < 4.78 is 0. The lowest BCUT2D eigenvalue weighted by atomic mass is 9.68. The van der Waals surface area contributed by atoms with Crippen molar-refractivity contribution in [3.63, 3.8) is 0 Å². The Balaban J connectivity index is 1.12. The van der Waals surface area contributed by atoms with Gasteiger partial charge in [-0.15, -0.1) is 0 Å². The van der Waals surface area contributed by atoms with Crippen LogP contribution in [-0.4, -0.2) is 0 Å². The van der Waals surface area contributed by atoms with Crippen LogP contribution in [0.1, 0.15) is 22.3 Å². The van der Waals surface area contributed by atoms with Crippen LogP contribution in [0.5, 0.6) is 0 Å². The van der Waals surface area contributed by atoms with Crippen molar-refractivity contribution in [1.29, 1.82) is 0 Å². The molecule has 0 unspecified atom stereocenters. The molecule has 0 fully saturated rings. The molecule has 0 amide bonds. The standard InChI is InChI=1S/C55H37N/c1-3-18-38(19-4-1)42-22-10-15-32-52(42)56(53-33-16-11-23-43(53)39-20-5-2-6-21-39)41-36-34-40(35-37-41)44-27-17-28-48-47-26-9-14-31-51(47)55(54(44)48)49-29-12-7-24-45(49)46-25-8-13-30-50(46)55/h1-37H. The number of fused-ring (bicyclic) bond motifs is 10. The molecule has 0 N–H and O–H groups in total. The van der Waals surface area contributed by atoms with Crippen LogP contribution in [0, 0.1) is 0 Å². The number of benzene rings is 9. The highest BCUT2D eigenvalue weighted by atomic mass is 15.1. The Hall–Kier alpha value is -7.22. The van der Waals surface area contributed by atoms with Gasteiger partial charge in [-0.05, 0) is 91.0 Å². The third-order valence-electron chi connectivity index (χ3n) is 11.9. The Morgan fingerprint density at radius 3 is 1.11 bits per heavy atom. The first-order chi connectivity index (χ1) is 27.8. The summed E-state index contributed by atoms with van der Waals surface area (Å²) in [6.07, 6.45) is 0. The van der Waals surface area contributed by atoms with Crippen LogP contribution in [-0.2, 0) is 5.41 Å². The van der Waals surface area contributed by atoms with Gasteiger partial charge in [-0.3, -0.25) is 0 Å². The van der Waals surface area contributed by atoms with Gasteiger partial charge in [-0.1, -0.05) is 200 Å². The lowest BCUT2D eigenvalue weighted by Gasteiger charge is -2.32. The summed E-state index contributed by atoms with van der Waals surface area (Å²) in [5.74, 6) is 0. The zero-order valence-corrected chi connectivity index (χ0v) is 30.8. The van der Waals surface area contributed by atoms with Crippen LogP contribution in [0.2, 0.25) is 0 Å². The fraction of sp³-hybridized carbons (Fsp3) is 0.0182.